The van der Waals surface area contributed by atoms with Gasteiger partial charge < -0.3 is 15.0 Å². The Bertz CT molecular complexity index is 1150. The first kappa shape index (κ1) is 24.4. The summed E-state index contributed by atoms with van der Waals surface area (Å²) in [6, 6.07) is 14.0. The van der Waals surface area contributed by atoms with Crippen LogP contribution >= 0.6 is 0 Å². The maximum atomic E-state index is 12.4. The molecule has 3 rings (SSSR count). The second-order valence-corrected chi connectivity index (χ2v) is 10.2. The first-order valence-corrected chi connectivity index (χ1v) is 11.8. The molecule has 176 valence electrons. The zero-order valence-electron chi connectivity index (χ0n) is 18.8. The van der Waals surface area contributed by atoms with Crippen molar-refractivity contribution in [2.45, 2.75) is 24.8 Å². The second kappa shape index (κ2) is 10.1. The van der Waals surface area contributed by atoms with E-state index in [1.807, 2.05) is 30.3 Å². The van der Waals surface area contributed by atoms with Gasteiger partial charge in [0, 0.05) is 39.3 Å². The molecule has 1 N–H and O–H groups in total. The molecular weight excluding hydrogens is 446 g/mol. The molecule has 1 aliphatic rings. The molecule has 10 heteroatoms. The van der Waals surface area contributed by atoms with Crippen LogP contribution in [-0.4, -0.2) is 62.7 Å². The predicted molar refractivity (Wildman–Crippen MR) is 122 cm³/mol. The van der Waals surface area contributed by atoms with Gasteiger partial charge in [0.1, 0.15) is 0 Å². The molecule has 0 radical (unpaired) electrons. The summed E-state index contributed by atoms with van der Waals surface area (Å²) in [5, 5.41) is 2.54. The van der Waals surface area contributed by atoms with Crippen molar-refractivity contribution >= 4 is 33.5 Å². The molecule has 0 unspecified atom stereocenters. The number of ether oxygens (including phenoxy) is 1. The molecule has 0 aliphatic carbocycles. The van der Waals surface area contributed by atoms with Crippen molar-refractivity contribution in [2.75, 3.05) is 32.6 Å². The van der Waals surface area contributed by atoms with Crippen molar-refractivity contribution in [1.82, 2.24) is 9.21 Å². The third-order valence-corrected chi connectivity index (χ3v) is 7.30. The average Bonchev–Trinajstić information content (AvgIpc) is 3.14. The minimum absolute atomic E-state index is 0.0387. The summed E-state index contributed by atoms with van der Waals surface area (Å²) in [5.74, 6) is -2.00. The maximum Gasteiger partial charge on any atom is 0.311 e. The van der Waals surface area contributed by atoms with E-state index in [4.69, 9.17) is 4.74 Å². The fourth-order valence-corrected chi connectivity index (χ4v) is 4.63. The number of sulfonamides is 1. The summed E-state index contributed by atoms with van der Waals surface area (Å²) < 4.78 is 31.1. The molecule has 33 heavy (non-hydrogen) atoms. The van der Waals surface area contributed by atoms with Crippen LogP contribution < -0.4 is 5.32 Å². The van der Waals surface area contributed by atoms with E-state index in [1.54, 1.807) is 24.0 Å². The Hall–Kier alpha value is -3.24. The molecule has 2 aromatic carbocycles. The van der Waals surface area contributed by atoms with E-state index in [0.717, 1.165) is 9.87 Å². The number of anilines is 1. The van der Waals surface area contributed by atoms with E-state index >= 15 is 0 Å². The minimum Gasteiger partial charge on any atom is -0.455 e. The number of hydrogen-bond donors (Lipinski definition) is 1. The summed E-state index contributed by atoms with van der Waals surface area (Å²) in [5.41, 5.74) is 1.78. The van der Waals surface area contributed by atoms with Crippen molar-refractivity contribution in [3.8, 4) is 0 Å². The molecule has 0 spiro atoms. The molecule has 1 heterocycles. The average molecular weight is 474 g/mol. The standard InChI is InChI=1S/C23H27N3O6S/c1-16-9-10-19(12-20(16)33(30,31)25(2)3)24-21(27)15-32-23(29)18-11-22(28)26(14-18)13-17-7-5-4-6-8-17/h4-10,12,18H,11,13-15H2,1-3H3,(H,24,27)/t18-/m0/s1. The van der Waals surface area contributed by atoms with E-state index in [1.165, 1.54) is 20.2 Å². The van der Waals surface area contributed by atoms with E-state index in [9.17, 15) is 22.8 Å². The van der Waals surface area contributed by atoms with E-state index < -0.39 is 34.4 Å². The Morgan fingerprint density at radius 3 is 2.52 bits per heavy atom. The molecule has 0 saturated carbocycles. The van der Waals surface area contributed by atoms with Gasteiger partial charge >= 0.3 is 5.97 Å². The van der Waals surface area contributed by atoms with Crippen LogP contribution in [0.1, 0.15) is 17.5 Å². The highest BCUT2D eigenvalue weighted by atomic mass is 32.2. The first-order valence-electron chi connectivity index (χ1n) is 10.4. The van der Waals surface area contributed by atoms with Gasteiger partial charge in [0.25, 0.3) is 5.91 Å². The maximum absolute atomic E-state index is 12.4. The molecular formula is C23H27N3O6S. The number of carbonyl (C=O) groups excluding carboxylic acids is 3. The number of carbonyl (C=O) groups is 3. The van der Waals surface area contributed by atoms with Gasteiger partial charge in [0.05, 0.1) is 10.8 Å². The monoisotopic (exact) mass is 473 g/mol. The fraction of sp³-hybridized carbons (Fsp3) is 0.348. The van der Waals surface area contributed by atoms with Crippen molar-refractivity contribution < 1.29 is 27.5 Å². The van der Waals surface area contributed by atoms with Crippen molar-refractivity contribution in [1.29, 1.82) is 0 Å². The van der Waals surface area contributed by atoms with Gasteiger partial charge in [-0.1, -0.05) is 36.4 Å². The number of nitrogens with zero attached hydrogens (tertiary/aromatic N) is 2. The lowest BCUT2D eigenvalue weighted by Gasteiger charge is -2.16. The highest BCUT2D eigenvalue weighted by molar-refractivity contribution is 7.89. The Kier molecular flexibility index (Phi) is 7.50. The lowest BCUT2D eigenvalue weighted by molar-refractivity contribution is -0.151. The molecule has 1 atom stereocenters. The van der Waals surface area contributed by atoms with Gasteiger partial charge in [-0.15, -0.1) is 0 Å². The van der Waals surface area contributed by atoms with E-state index in [-0.39, 0.29) is 29.5 Å². The van der Waals surface area contributed by atoms with E-state index in [2.05, 4.69) is 5.32 Å². The number of nitrogens with one attached hydrogen (secondary N) is 1. The van der Waals surface area contributed by atoms with Gasteiger partial charge in [-0.3, -0.25) is 14.4 Å². The largest absolute Gasteiger partial charge is 0.455 e. The number of esters is 1. The molecule has 1 saturated heterocycles. The Balaban J connectivity index is 1.54. The highest BCUT2D eigenvalue weighted by Crippen LogP contribution is 2.23. The summed E-state index contributed by atoms with van der Waals surface area (Å²) in [4.78, 5) is 38.6. The quantitative estimate of drug-likeness (QED) is 0.585. The number of hydrogen-bond acceptors (Lipinski definition) is 6. The number of amides is 2. The van der Waals surface area contributed by atoms with Gasteiger partial charge in [-0.2, -0.15) is 0 Å². The molecule has 2 amide bonds. The number of benzene rings is 2. The van der Waals surface area contributed by atoms with Crippen LogP contribution in [0.3, 0.4) is 0 Å². The number of likely N-dealkylation sites (tertiary alicyclic amines) is 1. The normalized spacial score (nSPS) is 16.2. The first-order chi connectivity index (χ1) is 15.6. The molecule has 1 aliphatic heterocycles. The zero-order valence-corrected chi connectivity index (χ0v) is 19.6. The summed E-state index contributed by atoms with van der Waals surface area (Å²) >= 11 is 0. The topological polar surface area (TPSA) is 113 Å². The van der Waals surface area contributed by atoms with Crippen LogP contribution in [0.25, 0.3) is 0 Å². The summed E-state index contributed by atoms with van der Waals surface area (Å²) in [7, 11) is -0.826. The Morgan fingerprint density at radius 2 is 1.85 bits per heavy atom. The molecule has 1 fully saturated rings. The minimum atomic E-state index is -3.68. The van der Waals surface area contributed by atoms with Crippen LogP contribution in [0.4, 0.5) is 5.69 Å². The lowest BCUT2D eigenvalue weighted by atomic mass is 10.1. The van der Waals surface area contributed by atoms with Crippen LogP contribution in [0.15, 0.2) is 53.4 Å². The van der Waals surface area contributed by atoms with Gasteiger partial charge in [-0.05, 0) is 30.2 Å². The van der Waals surface area contributed by atoms with Crippen LogP contribution in [0.5, 0.6) is 0 Å². The summed E-state index contributed by atoms with van der Waals surface area (Å²) in [6.07, 6.45) is 0.0387. The molecule has 2 aromatic rings. The Morgan fingerprint density at radius 1 is 1.15 bits per heavy atom. The van der Waals surface area contributed by atoms with Crippen LogP contribution in [0, 0.1) is 12.8 Å². The third-order valence-electron chi connectivity index (χ3n) is 5.34. The Labute approximate surface area is 193 Å². The smallest absolute Gasteiger partial charge is 0.311 e. The van der Waals surface area contributed by atoms with Gasteiger partial charge in [0.2, 0.25) is 15.9 Å². The summed E-state index contributed by atoms with van der Waals surface area (Å²) in [6.45, 7) is 1.77. The number of aryl methyl sites for hydroxylation is 1. The number of rotatable bonds is 8. The van der Waals surface area contributed by atoms with Crippen molar-refractivity contribution in [3.63, 3.8) is 0 Å². The predicted octanol–water partition coefficient (Wildman–Crippen LogP) is 1.78. The lowest BCUT2D eigenvalue weighted by Crippen LogP contribution is -2.28. The van der Waals surface area contributed by atoms with Crippen molar-refractivity contribution in [3.05, 3.63) is 59.7 Å². The zero-order chi connectivity index (χ0) is 24.2. The highest BCUT2D eigenvalue weighted by Gasteiger charge is 2.35. The van der Waals surface area contributed by atoms with E-state index in [0.29, 0.717) is 12.1 Å². The molecule has 0 bridgehead atoms. The van der Waals surface area contributed by atoms with Crippen LogP contribution in [0.2, 0.25) is 0 Å². The second-order valence-electron chi connectivity index (χ2n) is 8.08. The van der Waals surface area contributed by atoms with Crippen molar-refractivity contribution in [2.24, 2.45) is 5.92 Å². The third kappa shape index (κ3) is 5.96. The van der Waals surface area contributed by atoms with Crippen LogP contribution in [-0.2, 0) is 35.7 Å². The fourth-order valence-electron chi connectivity index (χ4n) is 3.49. The van der Waals surface area contributed by atoms with Gasteiger partial charge in [-0.25, -0.2) is 12.7 Å². The molecule has 9 nitrogen and oxygen atoms in total. The molecule has 0 aromatic heterocycles. The van der Waals surface area contributed by atoms with Gasteiger partial charge in [0.15, 0.2) is 6.61 Å². The SMILES string of the molecule is Cc1ccc(NC(=O)COC(=O)[C@H]2CC(=O)N(Cc3ccccc3)C2)cc1S(=O)(=O)N(C)C.